The largest absolute Gasteiger partial charge is 0.502 e. The summed E-state index contributed by atoms with van der Waals surface area (Å²) < 4.78 is 10.1. The number of rotatable bonds is 4. The molecular formula is C14H14N4O4. The first-order chi connectivity index (χ1) is 10.5. The highest BCUT2D eigenvalue weighted by Crippen LogP contribution is 2.36. The first-order valence-corrected chi connectivity index (χ1v) is 6.15. The predicted octanol–water partition coefficient (Wildman–Crippen LogP) is 0.856. The molecule has 8 nitrogen and oxygen atoms in total. The molecule has 0 atom stereocenters. The monoisotopic (exact) mass is 302 g/mol. The first-order valence-electron chi connectivity index (χ1n) is 6.15. The van der Waals surface area contributed by atoms with Crippen molar-refractivity contribution in [2.45, 2.75) is 0 Å². The molecule has 22 heavy (non-hydrogen) atoms. The number of carbonyl (C=O) groups excluding carboxylic acids is 1. The number of amides is 1. The summed E-state index contributed by atoms with van der Waals surface area (Å²) in [6.45, 7) is 3.50. The fourth-order valence-corrected chi connectivity index (χ4v) is 1.60. The molecule has 0 fully saturated rings. The molecule has 2 rings (SSSR count). The van der Waals surface area contributed by atoms with Gasteiger partial charge in [-0.3, -0.25) is 10.1 Å². The molecule has 1 aromatic rings. The van der Waals surface area contributed by atoms with Crippen LogP contribution in [-0.2, 0) is 4.79 Å². The highest BCUT2D eigenvalue weighted by Gasteiger charge is 2.13. The van der Waals surface area contributed by atoms with Crippen LogP contribution in [0.25, 0.3) is 0 Å². The standard InChI is InChI=1S/C14H14N4O4/c1-8-6-15-14(17-13(8)20)18-16-7-9-4-10(21-2)12(19)11(5-9)22-3/h4-7,19H,1H2,2-3H3,(H,17,18,20)/b16-7+. The van der Waals surface area contributed by atoms with Gasteiger partial charge in [0.15, 0.2) is 11.5 Å². The highest BCUT2D eigenvalue weighted by molar-refractivity contribution is 6.22. The third-order valence-electron chi connectivity index (χ3n) is 2.72. The van der Waals surface area contributed by atoms with Gasteiger partial charge in [0.25, 0.3) is 5.91 Å². The molecule has 0 radical (unpaired) electrons. The molecule has 0 aliphatic carbocycles. The van der Waals surface area contributed by atoms with Crippen LogP contribution in [0.1, 0.15) is 5.56 Å². The van der Waals surface area contributed by atoms with Crippen LogP contribution < -0.4 is 14.8 Å². The molecule has 1 heterocycles. The second-order valence-electron chi connectivity index (χ2n) is 4.18. The van der Waals surface area contributed by atoms with E-state index in [4.69, 9.17) is 9.47 Å². The number of benzene rings is 1. The number of hydrogen-bond acceptors (Lipinski definition) is 6. The van der Waals surface area contributed by atoms with E-state index in [1.807, 2.05) is 0 Å². The summed E-state index contributed by atoms with van der Waals surface area (Å²) in [6.07, 6.45) is 2.71. The molecule has 8 heteroatoms. The van der Waals surface area contributed by atoms with Gasteiger partial charge in [-0.05, 0) is 12.1 Å². The van der Waals surface area contributed by atoms with Crippen molar-refractivity contribution >= 4 is 24.3 Å². The van der Waals surface area contributed by atoms with E-state index in [9.17, 15) is 9.90 Å². The van der Waals surface area contributed by atoms with Gasteiger partial charge < -0.3 is 14.6 Å². The summed E-state index contributed by atoms with van der Waals surface area (Å²) in [5.74, 6) is 0.0712. The summed E-state index contributed by atoms with van der Waals surface area (Å²) >= 11 is 0. The zero-order valence-electron chi connectivity index (χ0n) is 12.0. The van der Waals surface area contributed by atoms with Crippen LogP contribution in [0.4, 0.5) is 0 Å². The normalized spacial score (nSPS) is 16.2. The summed E-state index contributed by atoms with van der Waals surface area (Å²) in [5.41, 5.74) is 0.835. The lowest BCUT2D eigenvalue weighted by Crippen LogP contribution is -2.34. The van der Waals surface area contributed by atoms with E-state index < -0.39 is 0 Å². The van der Waals surface area contributed by atoms with Crippen molar-refractivity contribution in [1.29, 1.82) is 0 Å². The number of hydrogen-bond donors (Lipinski definition) is 2. The maximum Gasteiger partial charge on any atom is 0.259 e. The third-order valence-corrected chi connectivity index (χ3v) is 2.72. The van der Waals surface area contributed by atoms with E-state index in [2.05, 4.69) is 27.1 Å². The Balaban J connectivity index is 2.22. The van der Waals surface area contributed by atoms with Crippen molar-refractivity contribution in [2.75, 3.05) is 14.2 Å². The zero-order chi connectivity index (χ0) is 16.1. The minimum Gasteiger partial charge on any atom is -0.502 e. The molecular weight excluding hydrogens is 288 g/mol. The molecule has 2 N–H and O–H groups in total. The molecule has 0 saturated carbocycles. The van der Waals surface area contributed by atoms with E-state index in [-0.39, 0.29) is 34.7 Å². The zero-order valence-corrected chi connectivity index (χ0v) is 12.0. The van der Waals surface area contributed by atoms with Gasteiger partial charge in [0, 0.05) is 11.8 Å². The minimum atomic E-state index is -0.378. The van der Waals surface area contributed by atoms with Crippen molar-refractivity contribution in [1.82, 2.24) is 5.32 Å². The number of methoxy groups -OCH3 is 2. The number of phenols is 1. The average Bonchev–Trinajstić information content (AvgIpc) is 2.52. The van der Waals surface area contributed by atoms with Gasteiger partial charge in [0.05, 0.1) is 26.0 Å². The van der Waals surface area contributed by atoms with Crippen molar-refractivity contribution in [3.63, 3.8) is 0 Å². The van der Waals surface area contributed by atoms with E-state index in [1.165, 1.54) is 26.6 Å². The maximum absolute atomic E-state index is 11.3. The molecule has 1 amide bonds. The Labute approximate surface area is 126 Å². The maximum atomic E-state index is 11.3. The molecule has 0 spiro atoms. The third kappa shape index (κ3) is 3.29. The number of ether oxygens (including phenoxy) is 2. The number of phenolic OH excluding ortho intramolecular Hbond substituents is 1. The summed E-state index contributed by atoms with van der Waals surface area (Å²) in [4.78, 5) is 15.2. The topological polar surface area (TPSA) is 105 Å². The number of nitrogens with zero attached hydrogens (tertiary/aromatic N) is 3. The Hall–Kier alpha value is -3.16. The van der Waals surface area contributed by atoms with Crippen LogP contribution in [0.15, 0.2) is 39.5 Å². The minimum absolute atomic E-state index is 0.0614. The second-order valence-corrected chi connectivity index (χ2v) is 4.18. The fourth-order valence-electron chi connectivity index (χ4n) is 1.60. The van der Waals surface area contributed by atoms with E-state index >= 15 is 0 Å². The molecule has 0 saturated heterocycles. The van der Waals surface area contributed by atoms with Crippen LogP contribution >= 0.6 is 0 Å². The van der Waals surface area contributed by atoms with Crippen molar-refractivity contribution in [3.05, 3.63) is 29.8 Å². The molecule has 0 bridgehead atoms. The van der Waals surface area contributed by atoms with Crippen LogP contribution in [0, 0.1) is 0 Å². The van der Waals surface area contributed by atoms with Gasteiger partial charge in [0.1, 0.15) is 0 Å². The molecule has 1 aliphatic rings. The van der Waals surface area contributed by atoms with Gasteiger partial charge in [-0.1, -0.05) is 6.58 Å². The lowest BCUT2D eigenvalue weighted by molar-refractivity contribution is -0.115. The van der Waals surface area contributed by atoms with Crippen LogP contribution in [0.3, 0.4) is 0 Å². The highest BCUT2D eigenvalue weighted by atomic mass is 16.5. The van der Waals surface area contributed by atoms with Crippen LogP contribution in [0.5, 0.6) is 17.2 Å². The van der Waals surface area contributed by atoms with E-state index in [0.29, 0.717) is 5.56 Å². The second kappa shape index (κ2) is 6.53. The summed E-state index contributed by atoms with van der Waals surface area (Å²) in [5, 5.41) is 19.8. The number of guanidine groups is 1. The quantitative estimate of drug-likeness (QED) is 0.489. The Morgan fingerprint density at radius 1 is 1.32 bits per heavy atom. The Morgan fingerprint density at radius 3 is 2.50 bits per heavy atom. The molecule has 0 aromatic heterocycles. The van der Waals surface area contributed by atoms with E-state index in [1.54, 1.807) is 12.1 Å². The Bertz CT molecular complexity index is 682. The Kier molecular flexibility index (Phi) is 4.52. The molecule has 114 valence electrons. The van der Waals surface area contributed by atoms with Crippen molar-refractivity contribution < 1.29 is 19.4 Å². The fraction of sp³-hybridized carbons (Fsp3) is 0.143. The van der Waals surface area contributed by atoms with Gasteiger partial charge in [0.2, 0.25) is 11.7 Å². The lowest BCUT2D eigenvalue weighted by Gasteiger charge is -2.09. The smallest absolute Gasteiger partial charge is 0.259 e. The predicted molar refractivity (Wildman–Crippen MR) is 82.0 cm³/mol. The molecule has 1 aliphatic heterocycles. The lowest BCUT2D eigenvalue weighted by atomic mass is 10.2. The number of carbonyl (C=O) groups is 1. The van der Waals surface area contributed by atoms with Gasteiger partial charge in [-0.2, -0.15) is 5.10 Å². The van der Waals surface area contributed by atoms with Crippen LogP contribution in [0.2, 0.25) is 0 Å². The average molecular weight is 302 g/mol. The van der Waals surface area contributed by atoms with E-state index in [0.717, 1.165) is 0 Å². The summed E-state index contributed by atoms with van der Waals surface area (Å²) in [6, 6.07) is 3.12. The molecule has 1 aromatic carbocycles. The van der Waals surface area contributed by atoms with Gasteiger partial charge in [-0.25, -0.2) is 4.99 Å². The van der Waals surface area contributed by atoms with Gasteiger partial charge >= 0.3 is 0 Å². The first kappa shape index (κ1) is 15.2. The number of aliphatic imine (C=N–C) groups is 1. The SMILES string of the molecule is C=C1C=N/C(=N/N=C/c2cc(OC)c(O)c(OC)c2)NC1=O. The van der Waals surface area contributed by atoms with Crippen molar-refractivity contribution in [3.8, 4) is 17.2 Å². The summed E-state index contributed by atoms with van der Waals surface area (Å²) in [7, 11) is 2.85. The number of nitrogens with one attached hydrogen (secondary N) is 1. The Morgan fingerprint density at radius 2 is 1.95 bits per heavy atom. The molecule has 0 unspecified atom stereocenters. The van der Waals surface area contributed by atoms with Crippen LogP contribution in [-0.4, -0.2) is 43.6 Å². The van der Waals surface area contributed by atoms with Crippen molar-refractivity contribution in [2.24, 2.45) is 15.2 Å². The number of aromatic hydroxyl groups is 1. The van der Waals surface area contributed by atoms with Gasteiger partial charge in [-0.15, -0.1) is 5.10 Å².